The molecule has 0 rings (SSSR count). The number of aliphatic hydroxyl groups is 2. The first-order chi connectivity index (χ1) is 16.6. The Morgan fingerprint density at radius 3 is 1.51 bits per heavy atom. The lowest BCUT2D eigenvalue weighted by atomic mass is 9.88. The predicted octanol–water partition coefficient (Wildman–Crippen LogP) is 6.25. The van der Waals surface area contributed by atoms with Crippen molar-refractivity contribution in [2.45, 2.75) is 87.4 Å². The minimum absolute atomic E-state index is 0.119. The molecule has 0 saturated heterocycles. The number of carbonyl (C=O) groups excluding carboxylic acids is 1. The maximum atomic E-state index is 13.9. The van der Waals surface area contributed by atoms with Gasteiger partial charge in [-0.05, 0) is 19.3 Å². The van der Waals surface area contributed by atoms with Gasteiger partial charge in [0.05, 0.1) is 6.61 Å². The summed E-state index contributed by atoms with van der Waals surface area (Å²) in [5.74, 6) is -43.8. The van der Waals surface area contributed by atoms with Crippen LogP contribution in [-0.4, -0.2) is 71.5 Å². The third kappa shape index (κ3) is 7.45. The maximum Gasteiger partial charge on any atom is 0.384 e. The molecule has 0 spiro atoms. The van der Waals surface area contributed by atoms with E-state index >= 15 is 0 Å². The van der Waals surface area contributed by atoms with E-state index in [9.17, 15) is 57.5 Å². The molecule has 0 unspecified atom stereocenters. The summed E-state index contributed by atoms with van der Waals surface area (Å²) in [5, 5.41) is 17.8. The molecule has 0 heterocycles. The summed E-state index contributed by atoms with van der Waals surface area (Å²) in [5.41, 5.74) is -0.404. The summed E-state index contributed by atoms with van der Waals surface area (Å²) in [6, 6.07) is 0. The molecule has 0 aromatic rings. The van der Waals surface area contributed by atoms with Gasteiger partial charge < -0.3 is 14.9 Å². The van der Waals surface area contributed by atoms with E-state index < -0.39 is 98.5 Å². The second kappa shape index (κ2) is 12.9. The Morgan fingerprint density at radius 2 is 1.14 bits per heavy atom. The van der Waals surface area contributed by atoms with Crippen molar-refractivity contribution in [3.63, 3.8) is 0 Å². The van der Waals surface area contributed by atoms with Crippen molar-refractivity contribution in [3.05, 3.63) is 12.2 Å². The van der Waals surface area contributed by atoms with Crippen molar-refractivity contribution in [2.24, 2.45) is 5.92 Å². The summed E-state index contributed by atoms with van der Waals surface area (Å²) < 4.78 is 170. The van der Waals surface area contributed by atoms with Crippen LogP contribution < -0.4 is 0 Å². The van der Waals surface area contributed by atoms with Crippen molar-refractivity contribution in [1.82, 2.24) is 0 Å². The number of alkyl halides is 12. The highest BCUT2D eigenvalue weighted by molar-refractivity contribution is 5.87. The number of esters is 1. The lowest BCUT2D eigenvalue weighted by Gasteiger charge is -2.41. The van der Waals surface area contributed by atoms with Gasteiger partial charge in [0.15, 0.2) is 0 Å². The van der Waals surface area contributed by atoms with Crippen LogP contribution in [0.1, 0.15) is 51.9 Å². The Bertz CT molecular complexity index is 752. The maximum absolute atomic E-state index is 13.9. The summed E-state index contributed by atoms with van der Waals surface area (Å²) >= 11 is 0. The van der Waals surface area contributed by atoms with Crippen LogP contribution in [0.2, 0.25) is 0 Å². The number of hydrogen-bond acceptors (Lipinski definition) is 4. The Kier molecular flexibility index (Phi) is 12.3. The van der Waals surface area contributed by atoms with Gasteiger partial charge in [-0.25, -0.2) is 4.79 Å². The third-order valence-electron chi connectivity index (χ3n) is 5.40. The van der Waals surface area contributed by atoms with Crippen LogP contribution in [0.5, 0.6) is 0 Å². The smallest absolute Gasteiger partial charge is 0.384 e. The van der Waals surface area contributed by atoms with Gasteiger partial charge in [0.1, 0.15) is 0 Å². The van der Waals surface area contributed by atoms with Gasteiger partial charge in [-0.15, -0.1) is 0 Å². The summed E-state index contributed by atoms with van der Waals surface area (Å²) in [4.78, 5) is 11.6. The van der Waals surface area contributed by atoms with E-state index in [0.717, 1.165) is 0 Å². The van der Waals surface area contributed by atoms with Gasteiger partial charge in [0.25, 0.3) is 0 Å². The molecule has 0 saturated carbocycles. The number of carbonyl (C=O) groups is 1. The van der Waals surface area contributed by atoms with E-state index in [4.69, 9.17) is 10.2 Å². The molecule has 0 fully saturated rings. The number of ether oxygens (including phenoxy) is 1. The number of aliphatic hydroxyl groups excluding tert-OH is 2. The average Bonchev–Trinajstić information content (AvgIpc) is 2.79. The second-order valence-corrected chi connectivity index (χ2v) is 8.44. The SMILES string of the molecule is C=C(CC(CO)CO)C(=O)OCCCC(F)(F)C(F)(F)C(F)(F)C(F)(F)C(F)(F)C(F)(F)CCCCC. The predicted molar refractivity (Wildman–Crippen MR) is 105 cm³/mol. The van der Waals surface area contributed by atoms with E-state index in [2.05, 4.69) is 11.3 Å². The lowest BCUT2D eigenvalue weighted by Crippen LogP contribution is -2.70. The van der Waals surface area contributed by atoms with E-state index in [1.54, 1.807) is 0 Å². The van der Waals surface area contributed by atoms with Crippen molar-refractivity contribution in [2.75, 3.05) is 19.8 Å². The molecule has 220 valence electrons. The zero-order chi connectivity index (χ0) is 29.5. The molecule has 0 bridgehead atoms. The van der Waals surface area contributed by atoms with E-state index in [-0.39, 0.29) is 19.3 Å². The van der Waals surface area contributed by atoms with Gasteiger partial charge in [0.2, 0.25) is 0 Å². The molecule has 0 aromatic carbocycles. The molecule has 0 aliphatic carbocycles. The number of halogens is 12. The van der Waals surface area contributed by atoms with Gasteiger partial charge in [-0.3, -0.25) is 0 Å². The quantitative estimate of drug-likeness (QED) is 0.0883. The molecule has 0 atom stereocenters. The molecule has 0 aliphatic heterocycles. The minimum Gasteiger partial charge on any atom is -0.462 e. The normalized spacial score (nSPS) is 14.3. The topological polar surface area (TPSA) is 66.8 Å². The van der Waals surface area contributed by atoms with Crippen LogP contribution in [0.4, 0.5) is 52.7 Å². The molecule has 4 nitrogen and oxygen atoms in total. The Labute approximate surface area is 204 Å². The standard InChI is InChI=1S/C21H28F12O4/c1-3-4-5-7-16(22,23)18(26,27)20(30,31)21(32,33)19(28,29)17(24,25)8-6-9-37-15(36)13(2)10-14(11-34)12-35/h14,34-35H,2-12H2,1H3. The number of rotatable bonds is 18. The molecule has 2 N–H and O–H groups in total. The van der Waals surface area contributed by atoms with Gasteiger partial charge in [-0.1, -0.05) is 26.3 Å². The van der Waals surface area contributed by atoms with Gasteiger partial charge in [-0.2, -0.15) is 52.7 Å². The first kappa shape index (κ1) is 35.3. The minimum atomic E-state index is -7.63. The largest absolute Gasteiger partial charge is 0.462 e. The molecular weight excluding hydrogens is 544 g/mol. The Morgan fingerprint density at radius 1 is 0.730 bits per heavy atom. The highest BCUT2D eigenvalue weighted by Crippen LogP contribution is 2.61. The van der Waals surface area contributed by atoms with Gasteiger partial charge >= 0.3 is 41.5 Å². The number of unbranched alkanes of at least 4 members (excludes halogenated alkanes) is 2. The molecule has 0 radical (unpaired) electrons. The fraction of sp³-hybridized carbons (Fsp3) is 0.857. The average molecular weight is 572 g/mol. The van der Waals surface area contributed by atoms with Crippen molar-refractivity contribution in [3.8, 4) is 0 Å². The fourth-order valence-corrected chi connectivity index (χ4v) is 2.94. The van der Waals surface area contributed by atoms with Crippen molar-refractivity contribution in [1.29, 1.82) is 0 Å². The lowest BCUT2D eigenvalue weighted by molar-refractivity contribution is -0.425. The summed E-state index contributed by atoms with van der Waals surface area (Å²) in [6.45, 7) is 2.25. The summed E-state index contributed by atoms with van der Waals surface area (Å²) in [6.07, 6.45) is -7.14. The molecule has 0 aliphatic rings. The zero-order valence-electron chi connectivity index (χ0n) is 19.6. The first-order valence-electron chi connectivity index (χ1n) is 10.9. The van der Waals surface area contributed by atoms with E-state index in [0.29, 0.717) is 0 Å². The van der Waals surface area contributed by atoms with E-state index in [1.165, 1.54) is 6.92 Å². The first-order valence-corrected chi connectivity index (χ1v) is 10.9. The van der Waals surface area contributed by atoms with Crippen LogP contribution in [0.3, 0.4) is 0 Å². The van der Waals surface area contributed by atoms with E-state index in [1.807, 2.05) is 0 Å². The summed E-state index contributed by atoms with van der Waals surface area (Å²) in [7, 11) is 0. The van der Waals surface area contributed by atoms with Crippen LogP contribution in [-0.2, 0) is 9.53 Å². The van der Waals surface area contributed by atoms with Crippen molar-refractivity contribution < 1.29 is 72.4 Å². The number of hydrogen-bond donors (Lipinski definition) is 2. The highest BCUT2D eigenvalue weighted by Gasteiger charge is 2.89. The molecule has 0 aromatic heterocycles. The third-order valence-corrected chi connectivity index (χ3v) is 5.40. The Hall–Kier alpha value is -1.71. The highest BCUT2D eigenvalue weighted by atomic mass is 19.4. The monoisotopic (exact) mass is 572 g/mol. The van der Waals surface area contributed by atoms with Crippen LogP contribution in [0, 0.1) is 5.92 Å². The zero-order valence-corrected chi connectivity index (χ0v) is 19.6. The van der Waals surface area contributed by atoms with Crippen LogP contribution in [0.25, 0.3) is 0 Å². The molecule has 16 heteroatoms. The van der Waals surface area contributed by atoms with Gasteiger partial charge in [0, 0.05) is 37.5 Å². The van der Waals surface area contributed by atoms with Crippen LogP contribution >= 0.6 is 0 Å². The molecule has 0 amide bonds. The molecular formula is C21H28F12O4. The van der Waals surface area contributed by atoms with Crippen molar-refractivity contribution >= 4 is 5.97 Å². The molecule has 37 heavy (non-hydrogen) atoms. The van der Waals surface area contributed by atoms with Crippen LogP contribution in [0.15, 0.2) is 12.2 Å². The fourth-order valence-electron chi connectivity index (χ4n) is 2.94. The Balaban J connectivity index is 5.51. The second-order valence-electron chi connectivity index (χ2n) is 8.44.